The van der Waals surface area contributed by atoms with Crippen LogP contribution in [0.2, 0.25) is 0 Å². The molecule has 4 aromatic rings. The van der Waals surface area contributed by atoms with E-state index in [0.29, 0.717) is 43.2 Å². The van der Waals surface area contributed by atoms with E-state index in [2.05, 4.69) is 15.2 Å². The smallest absolute Gasteiger partial charge is 0.335 e. The molecule has 3 amide bonds. The van der Waals surface area contributed by atoms with Crippen LogP contribution in [0.5, 0.6) is 0 Å². The Hall–Kier alpha value is -4.60. The van der Waals surface area contributed by atoms with Crippen molar-refractivity contribution >= 4 is 34.6 Å². The van der Waals surface area contributed by atoms with Crippen LogP contribution in [0.25, 0.3) is 22.4 Å². The Labute approximate surface area is 237 Å². The maximum absolute atomic E-state index is 13.2. The van der Waals surface area contributed by atoms with E-state index in [0.717, 1.165) is 35.3 Å². The van der Waals surface area contributed by atoms with Crippen LogP contribution < -0.4 is 10.6 Å². The summed E-state index contributed by atoms with van der Waals surface area (Å²) in [5.41, 5.74) is 3.85. The predicted molar refractivity (Wildman–Crippen MR) is 154 cm³/mol. The predicted octanol–water partition coefficient (Wildman–Crippen LogP) is 5.93. The van der Waals surface area contributed by atoms with Crippen molar-refractivity contribution in [1.29, 1.82) is 0 Å². The third-order valence-corrected chi connectivity index (χ3v) is 8.15. The minimum Gasteiger partial charge on any atom is -0.478 e. The van der Waals surface area contributed by atoms with Gasteiger partial charge in [-0.05, 0) is 68.1 Å². The van der Waals surface area contributed by atoms with Gasteiger partial charge >= 0.3 is 12.0 Å². The fraction of sp³-hybridized carbons (Fsp3) is 0.355. The number of carbonyl (C=O) groups is 3. The van der Waals surface area contributed by atoms with Gasteiger partial charge in [0.05, 0.1) is 28.4 Å². The van der Waals surface area contributed by atoms with E-state index in [1.54, 1.807) is 29.6 Å². The number of likely N-dealkylation sites (tertiary alicyclic amines) is 1. The summed E-state index contributed by atoms with van der Waals surface area (Å²) >= 11 is 0. The second-order valence-corrected chi connectivity index (χ2v) is 10.9. The number of imidazole rings is 1. The Morgan fingerprint density at radius 3 is 2.46 bits per heavy atom. The molecule has 2 fully saturated rings. The molecule has 6 rings (SSSR count). The third-order valence-electron chi connectivity index (χ3n) is 8.15. The number of carbonyl (C=O) groups excluding carboxylic acids is 2. The molecule has 41 heavy (non-hydrogen) atoms. The Morgan fingerprint density at radius 1 is 0.927 bits per heavy atom. The zero-order valence-corrected chi connectivity index (χ0v) is 22.7. The topological polar surface area (TPSA) is 130 Å². The quantitative estimate of drug-likeness (QED) is 0.271. The molecule has 2 aliphatic rings. The minimum atomic E-state index is -1.05. The number of anilines is 1. The molecule has 0 spiro atoms. The first-order valence-corrected chi connectivity index (χ1v) is 14.2. The van der Waals surface area contributed by atoms with Crippen molar-refractivity contribution in [2.24, 2.45) is 0 Å². The van der Waals surface area contributed by atoms with E-state index in [1.807, 2.05) is 24.3 Å². The summed E-state index contributed by atoms with van der Waals surface area (Å²) in [6, 6.07) is 13.8. The average Bonchev–Trinajstić information content (AvgIpc) is 3.66. The van der Waals surface area contributed by atoms with Crippen molar-refractivity contribution in [2.45, 2.75) is 57.0 Å². The molecule has 3 heterocycles. The number of carboxylic acid groups (broad SMARTS) is 1. The van der Waals surface area contributed by atoms with Gasteiger partial charge in [-0.2, -0.15) is 0 Å². The number of carboxylic acids is 1. The van der Waals surface area contributed by atoms with Crippen LogP contribution in [-0.4, -0.2) is 56.6 Å². The van der Waals surface area contributed by atoms with Crippen molar-refractivity contribution in [2.75, 3.05) is 18.4 Å². The monoisotopic (exact) mass is 555 g/mol. The lowest BCUT2D eigenvalue weighted by atomic mass is 9.95. The number of hydrogen-bond donors (Lipinski definition) is 3. The SMILES string of the molecule is O=C(O)c1cccc(NC(=O)N2CCC(NC(=O)c3ccc4c(c3)nc(-c3ccoc3)n4C3CCCCC3)CC2)c1. The molecule has 2 aromatic heterocycles. The number of nitrogens with zero attached hydrogens (tertiary/aromatic N) is 3. The highest BCUT2D eigenvalue weighted by Crippen LogP contribution is 2.36. The Morgan fingerprint density at radius 2 is 1.73 bits per heavy atom. The third kappa shape index (κ3) is 5.68. The van der Waals surface area contributed by atoms with Crippen molar-refractivity contribution in [3.05, 3.63) is 72.2 Å². The number of nitrogens with one attached hydrogen (secondary N) is 2. The van der Waals surface area contributed by atoms with E-state index in [1.165, 1.54) is 31.4 Å². The summed E-state index contributed by atoms with van der Waals surface area (Å²) in [5, 5.41) is 15.1. The van der Waals surface area contributed by atoms with Crippen molar-refractivity contribution in [3.63, 3.8) is 0 Å². The fourth-order valence-electron chi connectivity index (χ4n) is 5.97. The molecule has 212 valence electrons. The Bertz CT molecular complexity index is 1560. The second kappa shape index (κ2) is 11.5. The maximum atomic E-state index is 13.2. The first-order valence-electron chi connectivity index (χ1n) is 14.2. The first-order chi connectivity index (χ1) is 20.0. The zero-order chi connectivity index (χ0) is 28.3. The lowest BCUT2D eigenvalue weighted by Crippen LogP contribution is -2.47. The number of aromatic carboxylic acids is 1. The number of urea groups is 1. The number of hydrogen-bond acceptors (Lipinski definition) is 5. The molecule has 0 bridgehead atoms. The second-order valence-electron chi connectivity index (χ2n) is 10.9. The van der Waals surface area contributed by atoms with Gasteiger partial charge in [-0.15, -0.1) is 0 Å². The highest BCUT2D eigenvalue weighted by molar-refractivity contribution is 5.98. The molecule has 1 saturated heterocycles. The summed E-state index contributed by atoms with van der Waals surface area (Å²) in [4.78, 5) is 43.8. The lowest BCUT2D eigenvalue weighted by Gasteiger charge is -2.32. The molecule has 10 nitrogen and oxygen atoms in total. The minimum absolute atomic E-state index is 0.0566. The van der Waals surface area contributed by atoms with Gasteiger partial charge < -0.3 is 29.6 Å². The fourth-order valence-corrected chi connectivity index (χ4v) is 5.97. The molecule has 0 unspecified atom stereocenters. The van der Waals surface area contributed by atoms with Gasteiger partial charge in [-0.3, -0.25) is 4.79 Å². The molecule has 1 saturated carbocycles. The Balaban J connectivity index is 1.11. The number of fused-ring (bicyclic) bond motifs is 1. The van der Waals surface area contributed by atoms with E-state index in [4.69, 9.17) is 14.5 Å². The highest BCUT2D eigenvalue weighted by atomic mass is 16.4. The normalized spacial score (nSPS) is 16.5. The van der Waals surface area contributed by atoms with Gasteiger partial charge in [0.15, 0.2) is 0 Å². The van der Waals surface area contributed by atoms with Gasteiger partial charge in [0.25, 0.3) is 5.91 Å². The number of amides is 3. The van der Waals surface area contributed by atoms with Gasteiger partial charge in [-0.25, -0.2) is 14.6 Å². The van der Waals surface area contributed by atoms with Crippen LogP contribution in [0.15, 0.2) is 65.5 Å². The maximum Gasteiger partial charge on any atom is 0.335 e. The van der Waals surface area contributed by atoms with Crippen molar-refractivity contribution in [1.82, 2.24) is 19.8 Å². The molecule has 0 radical (unpaired) electrons. The zero-order valence-electron chi connectivity index (χ0n) is 22.7. The van der Waals surface area contributed by atoms with E-state index in [-0.39, 0.29) is 23.5 Å². The van der Waals surface area contributed by atoms with Gasteiger partial charge in [0.1, 0.15) is 12.1 Å². The molecule has 2 aromatic carbocycles. The molecule has 0 atom stereocenters. The summed E-state index contributed by atoms with van der Waals surface area (Å²) < 4.78 is 7.67. The number of benzene rings is 2. The van der Waals surface area contributed by atoms with Gasteiger partial charge in [0, 0.05) is 36.4 Å². The molecular formula is C31H33N5O5. The lowest BCUT2D eigenvalue weighted by molar-refractivity contribution is 0.0696. The summed E-state index contributed by atoms with van der Waals surface area (Å²) in [6.45, 7) is 0.961. The van der Waals surface area contributed by atoms with Crippen molar-refractivity contribution < 1.29 is 23.9 Å². The summed E-state index contributed by atoms with van der Waals surface area (Å²) in [6.07, 6.45) is 10.5. The van der Waals surface area contributed by atoms with E-state index in [9.17, 15) is 14.4 Å². The molecule has 1 aliphatic carbocycles. The summed E-state index contributed by atoms with van der Waals surface area (Å²) in [7, 11) is 0. The van der Waals surface area contributed by atoms with Crippen LogP contribution in [0.4, 0.5) is 10.5 Å². The molecular weight excluding hydrogens is 522 g/mol. The average molecular weight is 556 g/mol. The molecule has 10 heteroatoms. The van der Waals surface area contributed by atoms with E-state index < -0.39 is 5.97 Å². The summed E-state index contributed by atoms with van der Waals surface area (Å²) in [5.74, 6) is -0.330. The van der Waals surface area contributed by atoms with Crippen LogP contribution in [-0.2, 0) is 0 Å². The first kappa shape index (κ1) is 26.6. The highest BCUT2D eigenvalue weighted by Gasteiger charge is 2.26. The van der Waals surface area contributed by atoms with E-state index >= 15 is 0 Å². The number of furan rings is 1. The molecule has 3 N–H and O–H groups in total. The van der Waals surface area contributed by atoms with Crippen LogP contribution in [0.3, 0.4) is 0 Å². The van der Waals surface area contributed by atoms with Gasteiger partial charge in [-0.1, -0.05) is 25.3 Å². The van der Waals surface area contributed by atoms with Crippen LogP contribution in [0, 0.1) is 0 Å². The number of piperidine rings is 1. The van der Waals surface area contributed by atoms with Crippen LogP contribution in [0.1, 0.15) is 71.7 Å². The Kier molecular flexibility index (Phi) is 7.45. The van der Waals surface area contributed by atoms with Gasteiger partial charge in [0.2, 0.25) is 0 Å². The standard InChI is InChI=1S/C31H33N5O5/c37-29(32-23-11-14-35(15-12-23)31(40)33-24-6-4-5-21(17-24)30(38)39)20-9-10-27-26(18-20)34-28(22-13-16-41-19-22)36(27)25-7-2-1-3-8-25/h4-6,9-10,13,16-19,23,25H,1-3,7-8,11-12,14-15H2,(H,32,37)(H,33,40)(H,38,39). The number of rotatable bonds is 6. The number of aromatic nitrogens is 2. The largest absolute Gasteiger partial charge is 0.478 e. The van der Waals surface area contributed by atoms with Crippen molar-refractivity contribution in [3.8, 4) is 11.4 Å². The van der Waals surface area contributed by atoms with Crippen LogP contribution >= 0.6 is 0 Å². The molecule has 1 aliphatic heterocycles.